The number of hydrogen-bond acceptors (Lipinski definition) is 0. The van der Waals surface area contributed by atoms with Gasteiger partial charge in [-0.3, -0.25) is 0 Å². The van der Waals surface area contributed by atoms with Gasteiger partial charge in [0.1, 0.15) is 0 Å². The van der Waals surface area contributed by atoms with E-state index in [9.17, 15) is 0 Å². The third-order valence-corrected chi connectivity index (χ3v) is 13.0. The van der Waals surface area contributed by atoms with Gasteiger partial charge in [0.25, 0.3) is 0 Å². The topological polar surface area (TPSA) is 0 Å². The minimum atomic E-state index is -1.63. The molecule has 0 nitrogen and oxygen atoms in total. The Morgan fingerprint density at radius 2 is 1.50 bits per heavy atom. The van der Waals surface area contributed by atoms with Gasteiger partial charge in [-0.1, -0.05) is 0 Å². The Morgan fingerprint density at radius 1 is 0.773 bits per heavy atom. The van der Waals surface area contributed by atoms with E-state index in [1.807, 2.05) is 0 Å². The van der Waals surface area contributed by atoms with E-state index >= 15 is 0 Å². The molecule has 0 aliphatic heterocycles. The molecule has 0 bridgehead atoms. The number of fused-ring (bicyclic) bond motifs is 3. The summed E-state index contributed by atoms with van der Waals surface area (Å²) < 4.78 is 7.78. The van der Waals surface area contributed by atoms with Gasteiger partial charge in [0.2, 0.25) is 0 Å². The molecule has 0 aliphatic carbocycles. The van der Waals surface area contributed by atoms with Crippen LogP contribution in [0.2, 0.25) is 4.47 Å². The molecule has 2 heteroatoms. The van der Waals surface area contributed by atoms with Crippen LogP contribution in [0, 0.1) is 0 Å². The minimum absolute atomic E-state index is 0.000444. The van der Waals surface area contributed by atoms with Crippen LogP contribution >= 0.6 is 0 Å². The monoisotopic (exact) mass is 517 g/mol. The quantitative estimate of drug-likeness (QED) is 0.355. The third-order valence-electron chi connectivity index (χ3n) is 3.86. The van der Waals surface area contributed by atoms with E-state index in [0.717, 1.165) is 0 Å². The summed E-state index contributed by atoms with van der Waals surface area (Å²) in [5.74, 6) is 0. The molecule has 0 atom stereocenters. The maximum atomic E-state index is 2.50. The van der Waals surface area contributed by atoms with Crippen molar-refractivity contribution < 1.29 is 0 Å². The van der Waals surface area contributed by atoms with Gasteiger partial charge >= 0.3 is 149 Å². The summed E-state index contributed by atoms with van der Waals surface area (Å²) in [6, 6.07) is 27.6. The van der Waals surface area contributed by atoms with Crippen LogP contribution < -0.4 is 3.61 Å². The summed E-state index contributed by atoms with van der Waals surface area (Å²) in [6.45, 7) is 2.31. The fourth-order valence-electron chi connectivity index (χ4n) is 2.95. The van der Waals surface area contributed by atoms with Gasteiger partial charge < -0.3 is 0 Å². The van der Waals surface area contributed by atoms with Crippen LogP contribution in [0.5, 0.6) is 0 Å². The second kappa shape index (κ2) is 6.39. The first-order chi connectivity index (χ1) is 10.9. The fraction of sp³-hybridized carbons (Fsp3) is 0.100. The molecule has 0 amide bonds. The molecule has 1 heterocycles. The summed E-state index contributed by atoms with van der Waals surface area (Å²) in [5, 5.41) is 3.04. The van der Waals surface area contributed by atoms with Gasteiger partial charge in [-0.2, -0.15) is 0 Å². The molecule has 108 valence electrons. The zero-order valence-corrected chi connectivity index (χ0v) is 17.1. The van der Waals surface area contributed by atoms with Gasteiger partial charge in [0, 0.05) is 0 Å². The average Bonchev–Trinajstić information content (AvgIpc) is 2.90. The Labute approximate surface area is 148 Å². The zero-order valence-electron chi connectivity index (χ0n) is 12.5. The second-order valence-corrected chi connectivity index (χ2v) is 14.6. The summed E-state index contributed by atoms with van der Waals surface area (Å²) in [4.78, 5) is 0. The Morgan fingerprint density at radius 3 is 2.32 bits per heavy atom. The number of hydrogen-bond donors (Lipinski definition) is 0. The summed E-state index contributed by atoms with van der Waals surface area (Å²) in [7, 11) is 0. The van der Waals surface area contributed by atoms with Crippen molar-refractivity contribution in [1.82, 2.24) is 0 Å². The van der Waals surface area contributed by atoms with Crippen molar-refractivity contribution in [3.05, 3.63) is 72.8 Å². The van der Waals surface area contributed by atoms with Crippen molar-refractivity contribution in [1.29, 1.82) is 0 Å². The predicted octanol–water partition coefficient (Wildman–Crippen LogP) is 4.49. The van der Waals surface area contributed by atoms with Gasteiger partial charge in [0.15, 0.2) is 0 Å². The molecule has 0 radical (unpaired) electrons. The first-order valence-corrected chi connectivity index (χ1v) is 13.8. The first kappa shape index (κ1) is 14.8. The van der Waals surface area contributed by atoms with E-state index in [4.69, 9.17) is 0 Å². The van der Waals surface area contributed by atoms with Crippen LogP contribution in [0.15, 0.2) is 72.8 Å². The van der Waals surface area contributed by atoms with Gasteiger partial charge in [0.05, 0.1) is 0 Å². The second-order valence-electron chi connectivity index (χ2n) is 5.21. The molecule has 0 saturated heterocycles. The van der Waals surface area contributed by atoms with E-state index in [-0.39, 0.29) is 20.9 Å². The molecule has 3 aromatic carbocycles. The van der Waals surface area contributed by atoms with Crippen molar-refractivity contribution in [3.63, 3.8) is 0 Å². The van der Waals surface area contributed by atoms with Crippen LogP contribution in [-0.4, -0.2) is 40.0 Å². The molecule has 1 aromatic heterocycles. The van der Waals surface area contributed by atoms with E-state index in [2.05, 4.69) is 79.7 Å². The van der Waals surface area contributed by atoms with E-state index in [1.54, 1.807) is 14.0 Å². The van der Waals surface area contributed by atoms with Crippen molar-refractivity contribution in [2.24, 2.45) is 0 Å². The van der Waals surface area contributed by atoms with Crippen LogP contribution in [0.25, 0.3) is 21.2 Å². The van der Waals surface area contributed by atoms with E-state index in [1.165, 1.54) is 15.2 Å². The zero-order chi connectivity index (χ0) is 14.9. The standard InChI is InChI=1S/C20H17Te2/c1-2-21-15-12-13-20-18(14-15)17-10-6-7-11-19(17)22(20)16-8-4-3-5-9-16/h3-14H,2H2,1H3/q+1. The molecule has 0 N–H and O–H groups in total. The van der Waals surface area contributed by atoms with Crippen molar-refractivity contribution in [2.45, 2.75) is 11.4 Å². The number of rotatable bonds is 3. The molecule has 4 rings (SSSR count). The van der Waals surface area contributed by atoms with Crippen molar-refractivity contribution in [2.75, 3.05) is 0 Å². The Hall–Kier alpha value is -0.761. The molecule has 0 aliphatic rings. The Balaban J connectivity index is 2.10. The molecule has 4 aromatic rings. The van der Waals surface area contributed by atoms with E-state index < -0.39 is 19.1 Å². The van der Waals surface area contributed by atoms with Crippen molar-refractivity contribution >= 4 is 61.2 Å². The molecule has 0 spiro atoms. The Bertz CT molecular complexity index is 936. The van der Waals surface area contributed by atoms with Crippen LogP contribution in [0.1, 0.15) is 6.92 Å². The molecular formula is C20H17Te2+. The average molecular weight is 513 g/mol. The summed E-state index contributed by atoms with van der Waals surface area (Å²) >= 11 is -1.63. The molecule has 0 saturated carbocycles. The summed E-state index contributed by atoms with van der Waals surface area (Å²) in [6.07, 6.45) is 0. The van der Waals surface area contributed by atoms with Crippen LogP contribution in [-0.2, 0) is 0 Å². The van der Waals surface area contributed by atoms with Crippen LogP contribution in [0.3, 0.4) is 0 Å². The van der Waals surface area contributed by atoms with Gasteiger partial charge in [-0.15, -0.1) is 0 Å². The predicted molar refractivity (Wildman–Crippen MR) is 100 cm³/mol. The van der Waals surface area contributed by atoms with Crippen molar-refractivity contribution in [3.8, 4) is 3.61 Å². The fourth-order valence-corrected chi connectivity index (χ4v) is 11.7. The maximum absolute atomic E-state index is 2.50. The van der Waals surface area contributed by atoms with E-state index in [0.29, 0.717) is 0 Å². The Kier molecular flexibility index (Phi) is 4.30. The summed E-state index contributed by atoms with van der Waals surface area (Å²) in [5.41, 5.74) is 0. The molecule has 22 heavy (non-hydrogen) atoms. The third kappa shape index (κ3) is 2.54. The van der Waals surface area contributed by atoms with Crippen LogP contribution in [0.4, 0.5) is 0 Å². The molecular weight excluding hydrogens is 495 g/mol. The first-order valence-electron chi connectivity index (χ1n) is 7.54. The van der Waals surface area contributed by atoms with Gasteiger partial charge in [-0.05, 0) is 0 Å². The van der Waals surface area contributed by atoms with Gasteiger partial charge in [-0.25, -0.2) is 0 Å². The molecule has 0 unspecified atom stereocenters. The normalized spacial score (nSPS) is 11.3. The molecule has 0 fully saturated rings. The number of benzene rings is 3. The SMILES string of the molecule is CC[Te]c1ccc2c(c1)c1ccccc1[te+]2-c1ccccc1.